The van der Waals surface area contributed by atoms with Crippen molar-refractivity contribution in [2.45, 2.75) is 39.3 Å². The fraction of sp³-hybridized carbons (Fsp3) is 0.526. The molecule has 8 heteroatoms. The largest absolute Gasteiger partial charge is 0.369 e. The second kappa shape index (κ2) is 8.83. The van der Waals surface area contributed by atoms with Crippen molar-refractivity contribution in [3.8, 4) is 0 Å². The summed E-state index contributed by atoms with van der Waals surface area (Å²) in [6.45, 7) is 7.12. The highest BCUT2D eigenvalue weighted by Crippen LogP contribution is 2.24. The van der Waals surface area contributed by atoms with Crippen LogP contribution in [0.1, 0.15) is 31.2 Å². The maximum atomic E-state index is 13.4. The molecular weight excluding hydrogens is 345 g/mol. The lowest BCUT2D eigenvalue weighted by atomic mass is 10.0. The number of aryl methyl sites for hydroxylation is 2. The van der Waals surface area contributed by atoms with Crippen molar-refractivity contribution in [2.75, 3.05) is 24.5 Å². The van der Waals surface area contributed by atoms with E-state index in [-0.39, 0.29) is 11.9 Å². The third-order valence-electron chi connectivity index (χ3n) is 4.79. The number of nitrogens with one attached hydrogen (secondary N) is 2. The summed E-state index contributed by atoms with van der Waals surface area (Å²) in [5.41, 5.74) is 2.07. The van der Waals surface area contributed by atoms with Gasteiger partial charge in [0.15, 0.2) is 5.96 Å². The van der Waals surface area contributed by atoms with E-state index in [0.717, 1.165) is 55.5 Å². The topological polar surface area (TPSA) is 70.4 Å². The molecule has 146 valence electrons. The Hall–Kier alpha value is -2.64. The van der Waals surface area contributed by atoms with Gasteiger partial charge in [0.25, 0.3) is 0 Å². The molecule has 1 aliphatic rings. The average Bonchev–Trinajstić information content (AvgIpc) is 3.05. The number of guanidine groups is 1. The Bertz CT molecular complexity index is 786. The molecule has 2 heterocycles. The Morgan fingerprint density at radius 1 is 1.41 bits per heavy atom. The number of rotatable bonds is 5. The molecule has 1 atom stereocenters. The second-order valence-electron chi connectivity index (χ2n) is 6.86. The standard InChI is InChI=1S/C19H28FN7/c1-4-21-19(22-11-18-23-13-24-26(18)3)25-16-6-5-9-27(12-16)17-8-7-15(20)10-14(17)2/h7-8,10,13,16H,4-6,9,11-12H2,1-3H3,(H2,21,22,25). The van der Waals surface area contributed by atoms with E-state index in [1.807, 2.05) is 20.0 Å². The van der Waals surface area contributed by atoms with E-state index in [1.165, 1.54) is 12.4 Å². The Labute approximate surface area is 159 Å². The first-order chi connectivity index (χ1) is 13.1. The average molecular weight is 373 g/mol. The Morgan fingerprint density at radius 3 is 2.96 bits per heavy atom. The molecule has 1 saturated heterocycles. The lowest BCUT2D eigenvalue weighted by Crippen LogP contribution is -2.51. The van der Waals surface area contributed by atoms with Gasteiger partial charge in [-0.2, -0.15) is 5.10 Å². The number of nitrogens with zero attached hydrogens (tertiary/aromatic N) is 5. The van der Waals surface area contributed by atoms with Gasteiger partial charge in [-0.3, -0.25) is 4.68 Å². The molecule has 0 spiro atoms. The van der Waals surface area contributed by atoms with Crippen molar-refractivity contribution in [2.24, 2.45) is 12.0 Å². The first-order valence-corrected chi connectivity index (χ1v) is 9.45. The summed E-state index contributed by atoms with van der Waals surface area (Å²) < 4.78 is 15.1. The van der Waals surface area contributed by atoms with E-state index in [0.29, 0.717) is 6.54 Å². The third-order valence-corrected chi connectivity index (χ3v) is 4.79. The molecule has 2 aromatic rings. The van der Waals surface area contributed by atoms with Crippen LogP contribution in [0.25, 0.3) is 0 Å². The van der Waals surface area contributed by atoms with Gasteiger partial charge < -0.3 is 15.5 Å². The highest BCUT2D eigenvalue weighted by Gasteiger charge is 2.22. The van der Waals surface area contributed by atoms with Crippen LogP contribution >= 0.6 is 0 Å². The van der Waals surface area contributed by atoms with Gasteiger partial charge in [-0.25, -0.2) is 14.4 Å². The maximum absolute atomic E-state index is 13.4. The Balaban J connectivity index is 1.66. The van der Waals surface area contributed by atoms with E-state index in [4.69, 9.17) is 0 Å². The molecule has 0 saturated carbocycles. The van der Waals surface area contributed by atoms with Gasteiger partial charge in [0.1, 0.15) is 24.5 Å². The summed E-state index contributed by atoms with van der Waals surface area (Å²) >= 11 is 0. The van der Waals surface area contributed by atoms with Crippen LogP contribution in [-0.4, -0.2) is 46.4 Å². The first-order valence-electron chi connectivity index (χ1n) is 9.45. The van der Waals surface area contributed by atoms with Crippen molar-refractivity contribution in [1.82, 2.24) is 25.4 Å². The van der Waals surface area contributed by atoms with Crippen molar-refractivity contribution in [3.05, 3.63) is 41.7 Å². The summed E-state index contributed by atoms with van der Waals surface area (Å²) in [5.74, 6) is 1.41. The second-order valence-corrected chi connectivity index (χ2v) is 6.86. The zero-order chi connectivity index (χ0) is 19.2. The number of hydrogen-bond donors (Lipinski definition) is 2. The third kappa shape index (κ3) is 4.96. The normalized spacial score (nSPS) is 17.9. The lowest BCUT2D eigenvalue weighted by Gasteiger charge is -2.36. The van der Waals surface area contributed by atoms with E-state index in [2.05, 4.69) is 37.5 Å². The van der Waals surface area contributed by atoms with Crippen LogP contribution in [0, 0.1) is 12.7 Å². The fourth-order valence-electron chi connectivity index (χ4n) is 3.41. The molecule has 1 aromatic heterocycles. The van der Waals surface area contributed by atoms with Crippen LogP contribution in [0.15, 0.2) is 29.5 Å². The molecule has 1 aliphatic heterocycles. The quantitative estimate of drug-likeness (QED) is 0.620. The van der Waals surface area contributed by atoms with Gasteiger partial charge in [0.2, 0.25) is 0 Å². The molecule has 0 aliphatic carbocycles. The molecule has 0 bridgehead atoms. The van der Waals surface area contributed by atoms with Crippen LogP contribution in [-0.2, 0) is 13.6 Å². The van der Waals surface area contributed by atoms with Crippen LogP contribution in [0.2, 0.25) is 0 Å². The summed E-state index contributed by atoms with van der Waals surface area (Å²) in [6, 6.07) is 5.28. The summed E-state index contributed by atoms with van der Waals surface area (Å²) in [7, 11) is 1.86. The predicted octanol–water partition coefficient (Wildman–Crippen LogP) is 1.99. The van der Waals surface area contributed by atoms with Crippen molar-refractivity contribution in [3.63, 3.8) is 0 Å². The van der Waals surface area contributed by atoms with E-state index in [9.17, 15) is 4.39 Å². The molecule has 1 fully saturated rings. The minimum Gasteiger partial charge on any atom is -0.369 e. The number of aromatic nitrogens is 3. The van der Waals surface area contributed by atoms with Crippen LogP contribution in [0.4, 0.5) is 10.1 Å². The van der Waals surface area contributed by atoms with E-state index >= 15 is 0 Å². The van der Waals surface area contributed by atoms with E-state index < -0.39 is 0 Å². The zero-order valence-electron chi connectivity index (χ0n) is 16.2. The van der Waals surface area contributed by atoms with Crippen LogP contribution in [0.3, 0.4) is 0 Å². The molecule has 3 rings (SSSR count). The smallest absolute Gasteiger partial charge is 0.191 e. The van der Waals surface area contributed by atoms with Crippen LogP contribution < -0.4 is 15.5 Å². The van der Waals surface area contributed by atoms with Crippen molar-refractivity contribution >= 4 is 11.6 Å². The number of benzene rings is 1. The number of halogens is 1. The maximum Gasteiger partial charge on any atom is 0.191 e. The minimum atomic E-state index is -0.187. The number of hydrogen-bond acceptors (Lipinski definition) is 4. The van der Waals surface area contributed by atoms with E-state index in [1.54, 1.807) is 10.7 Å². The van der Waals surface area contributed by atoms with Gasteiger partial charge in [-0.1, -0.05) is 0 Å². The van der Waals surface area contributed by atoms with Crippen LogP contribution in [0.5, 0.6) is 0 Å². The molecular formula is C19H28FN7. The minimum absolute atomic E-state index is 0.187. The highest BCUT2D eigenvalue weighted by atomic mass is 19.1. The lowest BCUT2D eigenvalue weighted by molar-refractivity contribution is 0.467. The Kier molecular flexibility index (Phi) is 6.26. The van der Waals surface area contributed by atoms with Gasteiger partial charge >= 0.3 is 0 Å². The first kappa shape index (κ1) is 19.1. The van der Waals surface area contributed by atoms with Gasteiger partial charge in [0.05, 0.1) is 0 Å². The molecule has 0 amide bonds. The number of aliphatic imine (C=N–C) groups is 1. The van der Waals surface area contributed by atoms with Gasteiger partial charge in [-0.15, -0.1) is 0 Å². The molecule has 7 nitrogen and oxygen atoms in total. The van der Waals surface area contributed by atoms with Gasteiger partial charge in [0, 0.05) is 38.4 Å². The molecule has 1 unspecified atom stereocenters. The summed E-state index contributed by atoms with van der Waals surface area (Å²) in [4.78, 5) is 11.2. The van der Waals surface area contributed by atoms with Crippen molar-refractivity contribution in [1.29, 1.82) is 0 Å². The SMILES string of the molecule is CCNC(=NCc1ncnn1C)NC1CCCN(c2ccc(F)cc2C)C1. The molecule has 2 N–H and O–H groups in total. The molecule has 0 radical (unpaired) electrons. The highest BCUT2D eigenvalue weighted by molar-refractivity contribution is 5.80. The Morgan fingerprint density at radius 2 is 2.26 bits per heavy atom. The predicted molar refractivity (Wildman–Crippen MR) is 105 cm³/mol. The number of anilines is 1. The monoisotopic (exact) mass is 373 g/mol. The molecule has 1 aromatic carbocycles. The summed E-state index contributed by atoms with van der Waals surface area (Å²) in [6.07, 6.45) is 3.69. The summed E-state index contributed by atoms with van der Waals surface area (Å²) in [5, 5.41) is 10.9. The fourth-order valence-corrected chi connectivity index (χ4v) is 3.41. The number of piperidine rings is 1. The zero-order valence-corrected chi connectivity index (χ0v) is 16.2. The van der Waals surface area contributed by atoms with Crippen molar-refractivity contribution < 1.29 is 4.39 Å². The molecule has 27 heavy (non-hydrogen) atoms. The van der Waals surface area contributed by atoms with Gasteiger partial charge in [-0.05, 0) is 50.5 Å².